The molecule has 21 heavy (non-hydrogen) atoms. The molecule has 2 heterocycles. The van der Waals surface area contributed by atoms with E-state index in [0.717, 1.165) is 12.8 Å². The van der Waals surface area contributed by atoms with Gasteiger partial charge >= 0.3 is 6.36 Å². The number of benzene rings is 1. The fourth-order valence-corrected chi connectivity index (χ4v) is 5.23. The first-order valence-electron chi connectivity index (χ1n) is 7.08. The molecular weight excluding hydrogens is 301 g/mol. The van der Waals surface area contributed by atoms with Crippen molar-refractivity contribution in [2.45, 2.75) is 54.6 Å². The minimum atomic E-state index is -4.71. The monoisotopic (exact) mass is 318 g/mol. The normalized spacial score (nSPS) is 32.8. The first-order chi connectivity index (χ1) is 9.84. The summed E-state index contributed by atoms with van der Waals surface area (Å²) in [6, 6.07) is 5.78. The first kappa shape index (κ1) is 15.0. The Morgan fingerprint density at radius 2 is 1.86 bits per heavy atom. The van der Waals surface area contributed by atoms with Gasteiger partial charge in [0.25, 0.3) is 0 Å². The van der Waals surface area contributed by atoms with Gasteiger partial charge in [0.15, 0.2) is 0 Å². The number of hydrogen-bond acceptors (Lipinski definition) is 3. The molecule has 2 aliphatic heterocycles. The summed E-state index contributed by atoms with van der Waals surface area (Å²) in [6.45, 7) is 0. The van der Waals surface area contributed by atoms with E-state index in [1.54, 1.807) is 6.07 Å². The highest BCUT2D eigenvalue weighted by molar-refractivity contribution is 8.00. The summed E-state index contributed by atoms with van der Waals surface area (Å²) in [6.07, 6.45) is -0.187. The van der Waals surface area contributed by atoms with Gasteiger partial charge in [0.1, 0.15) is 5.75 Å². The largest absolute Gasteiger partial charge is 0.573 e. The van der Waals surface area contributed by atoms with Crippen LogP contribution in [-0.4, -0.2) is 22.0 Å². The molecule has 2 bridgehead atoms. The Bertz CT molecular complexity index is 506. The van der Waals surface area contributed by atoms with Crippen LogP contribution in [0, 0.1) is 0 Å². The molecule has 0 aromatic heterocycles. The van der Waals surface area contributed by atoms with Crippen molar-refractivity contribution in [3.05, 3.63) is 29.8 Å². The molecule has 2 saturated heterocycles. The van der Waals surface area contributed by atoms with Crippen molar-refractivity contribution in [1.29, 1.82) is 0 Å². The highest BCUT2D eigenvalue weighted by Gasteiger charge is 2.42. The van der Waals surface area contributed by atoms with Gasteiger partial charge in [-0.1, -0.05) is 18.6 Å². The van der Waals surface area contributed by atoms with Crippen molar-refractivity contribution in [3.63, 3.8) is 0 Å². The first-order valence-corrected chi connectivity index (χ1v) is 8.02. The number of ether oxygens (including phenoxy) is 1. The zero-order valence-corrected chi connectivity index (χ0v) is 12.2. The summed E-state index contributed by atoms with van der Waals surface area (Å²) in [5.74, 6) is -0.267. The molecule has 3 rings (SSSR count). The van der Waals surface area contributed by atoms with Gasteiger partial charge in [-0.15, -0.1) is 13.2 Å². The molecule has 6 heteroatoms. The topological polar surface area (TPSA) is 29.5 Å². The summed E-state index contributed by atoms with van der Waals surface area (Å²) >= 11 is 1.91. The van der Waals surface area contributed by atoms with Gasteiger partial charge in [-0.25, -0.2) is 0 Å². The van der Waals surface area contributed by atoms with Crippen LogP contribution in [0.5, 0.6) is 5.75 Å². The van der Waals surface area contributed by atoms with E-state index in [9.17, 15) is 18.3 Å². The highest BCUT2D eigenvalue weighted by Crippen LogP contribution is 2.49. The van der Waals surface area contributed by atoms with Gasteiger partial charge in [0.2, 0.25) is 0 Å². The van der Waals surface area contributed by atoms with Gasteiger partial charge in [-0.3, -0.25) is 0 Å². The van der Waals surface area contributed by atoms with E-state index < -0.39 is 12.0 Å². The molecular formula is C15H17F3O2S. The van der Waals surface area contributed by atoms with E-state index in [1.807, 2.05) is 11.8 Å². The standard InChI is InChI=1S/C15H17F3O2S/c16-15(17,18)20-11-4-1-3-10(7-11)14(19)8-12-5-2-6-13(9-14)21-12/h1,3-4,7,12-13,19H,2,5-6,8-9H2. The van der Waals surface area contributed by atoms with Crippen LogP contribution in [-0.2, 0) is 5.60 Å². The van der Waals surface area contributed by atoms with Gasteiger partial charge in [0.05, 0.1) is 5.60 Å². The summed E-state index contributed by atoms with van der Waals surface area (Å²) < 4.78 is 40.9. The number of fused-ring (bicyclic) bond motifs is 2. The van der Waals surface area contributed by atoms with E-state index in [2.05, 4.69) is 4.74 Å². The molecule has 1 aromatic carbocycles. The third kappa shape index (κ3) is 3.48. The molecule has 2 nitrogen and oxygen atoms in total. The van der Waals surface area contributed by atoms with Crippen LogP contribution in [0.1, 0.15) is 37.7 Å². The molecule has 1 aromatic rings. The van der Waals surface area contributed by atoms with Crippen LogP contribution in [0.3, 0.4) is 0 Å². The lowest BCUT2D eigenvalue weighted by molar-refractivity contribution is -0.274. The minimum absolute atomic E-state index is 0.267. The van der Waals surface area contributed by atoms with Crippen LogP contribution < -0.4 is 4.74 Å². The second-order valence-electron chi connectivity index (χ2n) is 5.83. The van der Waals surface area contributed by atoms with Crippen LogP contribution in [0.25, 0.3) is 0 Å². The summed E-state index contributed by atoms with van der Waals surface area (Å²) in [5, 5.41) is 11.7. The number of thioether (sulfide) groups is 1. The number of rotatable bonds is 2. The fourth-order valence-electron chi connectivity index (χ4n) is 3.34. The lowest BCUT2D eigenvalue weighted by atomic mass is 9.80. The van der Waals surface area contributed by atoms with Crippen molar-refractivity contribution in [2.24, 2.45) is 0 Å². The van der Waals surface area contributed by atoms with Gasteiger partial charge < -0.3 is 9.84 Å². The Balaban J connectivity index is 1.84. The Morgan fingerprint density at radius 1 is 1.19 bits per heavy atom. The van der Waals surface area contributed by atoms with Gasteiger partial charge in [-0.05, 0) is 43.4 Å². The van der Waals surface area contributed by atoms with E-state index in [-0.39, 0.29) is 5.75 Å². The molecule has 2 aliphatic rings. The third-order valence-corrected chi connectivity index (χ3v) is 5.75. The second kappa shape index (κ2) is 5.39. The molecule has 0 amide bonds. The van der Waals surface area contributed by atoms with E-state index >= 15 is 0 Å². The SMILES string of the molecule is OC1(c2cccc(OC(F)(F)F)c2)CC2CCCC(C1)S2. The average Bonchev–Trinajstić information content (AvgIpc) is 2.36. The van der Waals surface area contributed by atoms with Crippen LogP contribution in [0.15, 0.2) is 24.3 Å². The molecule has 0 aliphatic carbocycles. The van der Waals surface area contributed by atoms with E-state index in [1.165, 1.54) is 24.6 Å². The van der Waals surface area contributed by atoms with Gasteiger partial charge in [0, 0.05) is 10.5 Å². The number of aliphatic hydroxyl groups is 1. The quantitative estimate of drug-likeness (QED) is 0.885. The van der Waals surface area contributed by atoms with Crippen molar-refractivity contribution in [1.82, 2.24) is 0 Å². The van der Waals surface area contributed by atoms with Crippen molar-refractivity contribution in [2.75, 3.05) is 0 Å². The number of halogens is 3. The minimum Gasteiger partial charge on any atom is -0.406 e. The van der Waals surface area contributed by atoms with Crippen molar-refractivity contribution in [3.8, 4) is 5.75 Å². The molecule has 2 atom stereocenters. The fraction of sp³-hybridized carbons (Fsp3) is 0.600. The Hall–Kier alpha value is -0.880. The predicted molar refractivity (Wildman–Crippen MR) is 75.3 cm³/mol. The van der Waals surface area contributed by atoms with Crippen LogP contribution >= 0.6 is 11.8 Å². The van der Waals surface area contributed by atoms with Crippen LogP contribution in [0.4, 0.5) is 13.2 Å². The lowest BCUT2D eigenvalue weighted by Crippen LogP contribution is -2.40. The zero-order valence-electron chi connectivity index (χ0n) is 11.4. The molecule has 1 N–H and O–H groups in total. The molecule has 0 spiro atoms. The maximum atomic E-state index is 12.3. The smallest absolute Gasteiger partial charge is 0.406 e. The molecule has 2 fully saturated rings. The van der Waals surface area contributed by atoms with Crippen molar-refractivity contribution >= 4 is 11.8 Å². The summed E-state index contributed by atoms with van der Waals surface area (Å²) in [7, 11) is 0. The predicted octanol–water partition coefficient (Wildman–Crippen LogP) is 4.22. The second-order valence-corrected chi connectivity index (χ2v) is 7.43. The third-order valence-electron chi connectivity index (χ3n) is 4.17. The zero-order chi connectivity index (χ0) is 15.1. The summed E-state index contributed by atoms with van der Waals surface area (Å²) in [5.41, 5.74) is -0.507. The maximum Gasteiger partial charge on any atom is 0.573 e. The summed E-state index contributed by atoms with van der Waals surface area (Å²) in [4.78, 5) is 0. The van der Waals surface area contributed by atoms with E-state index in [4.69, 9.17) is 0 Å². The number of alkyl halides is 3. The molecule has 2 unspecified atom stereocenters. The highest BCUT2D eigenvalue weighted by atomic mass is 32.2. The average molecular weight is 318 g/mol. The molecule has 116 valence electrons. The number of hydrogen-bond donors (Lipinski definition) is 1. The molecule has 0 saturated carbocycles. The Morgan fingerprint density at radius 3 is 2.48 bits per heavy atom. The Labute approximate surface area is 125 Å². The van der Waals surface area contributed by atoms with Gasteiger partial charge in [-0.2, -0.15) is 11.8 Å². The molecule has 0 radical (unpaired) electrons. The van der Waals surface area contributed by atoms with Crippen LogP contribution in [0.2, 0.25) is 0 Å². The lowest BCUT2D eigenvalue weighted by Gasteiger charge is -2.44. The maximum absolute atomic E-state index is 12.3. The Kier molecular flexibility index (Phi) is 3.86. The van der Waals surface area contributed by atoms with Crippen molar-refractivity contribution < 1.29 is 23.0 Å². The van der Waals surface area contributed by atoms with E-state index in [0.29, 0.717) is 28.9 Å².